The first kappa shape index (κ1) is 21.3. The summed E-state index contributed by atoms with van der Waals surface area (Å²) in [6, 6.07) is 4.27. The van der Waals surface area contributed by atoms with Crippen LogP contribution >= 0.6 is 0 Å². The van der Waals surface area contributed by atoms with E-state index in [-0.39, 0.29) is 17.5 Å². The van der Waals surface area contributed by atoms with Gasteiger partial charge >= 0.3 is 0 Å². The van der Waals surface area contributed by atoms with Crippen LogP contribution in [0.15, 0.2) is 18.2 Å². The number of aromatic nitrogens is 1. The first-order valence-corrected chi connectivity index (χ1v) is 9.78. The van der Waals surface area contributed by atoms with Crippen LogP contribution in [0.25, 0.3) is 11.6 Å². The predicted molar refractivity (Wildman–Crippen MR) is 116 cm³/mol. The maximum absolute atomic E-state index is 12.4. The van der Waals surface area contributed by atoms with Crippen molar-refractivity contribution in [2.24, 2.45) is 0 Å². The average molecular weight is 411 g/mol. The van der Waals surface area contributed by atoms with E-state index in [1.807, 2.05) is 32.6 Å². The van der Waals surface area contributed by atoms with Gasteiger partial charge in [0.25, 0.3) is 11.6 Å². The van der Waals surface area contributed by atoms with Gasteiger partial charge in [0, 0.05) is 34.8 Å². The molecule has 1 aliphatic rings. The van der Waals surface area contributed by atoms with Gasteiger partial charge in [-0.25, -0.2) is 0 Å². The van der Waals surface area contributed by atoms with E-state index < -0.39 is 4.92 Å². The molecule has 1 aromatic heterocycles. The highest BCUT2D eigenvalue weighted by Gasteiger charge is 2.27. The standard InChI is InChI=1S/C21H25N5O4/c1-5-25(6-2)11-19(27)24-20-12(3)18(22-13(20)4)10-16-15-9-14(26(29)30)7-8-17(15)23-21(16)28/h7-10,22H,5-6,11H2,1-4H3,(H,23,28)(H,24,27)/b16-10-. The molecule has 30 heavy (non-hydrogen) atoms. The van der Waals surface area contributed by atoms with E-state index in [4.69, 9.17) is 0 Å². The number of likely N-dealkylation sites (N-methyl/N-ethyl adjacent to an activating group) is 1. The number of hydrogen-bond donors (Lipinski definition) is 3. The van der Waals surface area contributed by atoms with Crippen molar-refractivity contribution in [1.29, 1.82) is 0 Å². The summed E-state index contributed by atoms with van der Waals surface area (Å²) in [5.74, 6) is -0.438. The Bertz CT molecular complexity index is 1050. The second-order valence-electron chi connectivity index (χ2n) is 7.17. The molecule has 2 heterocycles. The molecule has 0 aliphatic carbocycles. The van der Waals surface area contributed by atoms with Crippen molar-refractivity contribution in [3.63, 3.8) is 0 Å². The van der Waals surface area contributed by atoms with Crippen molar-refractivity contribution >= 4 is 40.5 Å². The summed E-state index contributed by atoms with van der Waals surface area (Å²) in [6.07, 6.45) is 1.66. The number of carbonyl (C=O) groups excluding carboxylic acids is 2. The molecule has 158 valence electrons. The van der Waals surface area contributed by atoms with Gasteiger partial charge in [0.05, 0.1) is 22.7 Å². The lowest BCUT2D eigenvalue weighted by atomic mass is 10.0. The van der Waals surface area contributed by atoms with Gasteiger partial charge < -0.3 is 15.6 Å². The number of carbonyl (C=O) groups is 2. The summed E-state index contributed by atoms with van der Waals surface area (Å²) >= 11 is 0. The number of non-ortho nitro benzene ring substituents is 1. The molecule has 0 spiro atoms. The predicted octanol–water partition coefficient (Wildman–Crippen LogP) is 3.31. The van der Waals surface area contributed by atoms with Crippen LogP contribution in [-0.2, 0) is 9.59 Å². The SMILES string of the molecule is CCN(CC)CC(=O)Nc1c(C)[nH]c(/C=C2\C(=O)Nc3ccc([N+](=O)[O-])cc32)c1C. The Morgan fingerprint density at radius 3 is 2.60 bits per heavy atom. The molecule has 3 N–H and O–H groups in total. The summed E-state index contributed by atoms with van der Waals surface area (Å²) in [5, 5.41) is 16.8. The molecule has 0 atom stereocenters. The van der Waals surface area contributed by atoms with Gasteiger partial charge in [0.1, 0.15) is 0 Å². The van der Waals surface area contributed by atoms with Crippen LogP contribution in [0, 0.1) is 24.0 Å². The Kier molecular flexibility index (Phi) is 6.02. The van der Waals surface area contributed by atoms with Gasteiger partial charge in [0.15, 0.2) is 0 Å². The molecule has 2 amide bonds. The third-order valence-electron chi connectivity index (χ3n) is 5.29. The molecule has 0 unspecified atom stereocenters. The fraction of sp³-hybridized carbons (Fsp3) is 0.333. The van der Waals surface area contributed by atoms with E-state index in [1.54, 1.807) is 6.08 Å². The van der Waals surface area contributed by atoms with Gasteiger partial charge in [0.2, 0.25) is 5.91 Å². The number of nitrogens with zero attached hydrogens (tertiary/aromatic N) is 2. The lowest BCUT2D eigenvalue weighted by Crippen LogP contribution is -2.33. The monoisotopic (exact) mass is 411 g/mol. The van der Waals surface area contributed by atoms with Crippen LogP contribution in [-0.4, -0.2) is 46.3 Å². The third kappa shape index (κ3) is 4.11. The highest BCUT2D eigenvalue weighted by molar-refractivity contribution is 6.35. The van der Waals surface area contributed by atoms with Gasteiger partial charge in [-0.1, -0.05) is 13.8 Å². The highest BCUT2D eigenvalue weighted by Crippen LogP contribution is 2.36. The largest absolute Gasteiger partial charge is 0.357 e. The number of hydrogen-bond acceptors (Lipinski definition) is 5. The molecule has 2 aromatic rings. The van der Waals surface area contributed by atoms with Crippen LogP contribution in [0.2, 0.25) is 0 Å². The molecule has 1 aromatic carbocycles. The molecular weight excluding hydrogens is 386 g/mol. The van der Waals surface area contributed by atoms with E-state index >= 15 is 0 Å². The van der Waals surface area contributed by atoms with Gasteiger partial charge in [-0.3, -0.25) is 24.6 Å². The number of nitro groups is 1. The fourth-order valence-electron chi connectivity index (χ4n) is 3.51. The van der Waals surface area contributed by atoms with E-state index in [0.29, 0.717) is 34.8 Å². The van der Waals surface area contributed by atoms with Gasteiger partial charge in [-0.05, 0) is 44.6 Å². The number of nitro benzene ring substituents is 1. The first-order chi connectivity index (χ1) is 14.2. The summed E-state index contributed by atoms with van der Waals surface area (Å²) in [7, 11) is 0. The number of benzene rings is 1. The van der Waals surface area contributed by atoms with Crippen molar-refractivity contribution in [1.82, 2.24) is 9.88 Å². The summed E-state index contributed by atoms with van der Waals surface area (Å²) in [4.78, 5) is 40.7. The molecule has 3 rings (SSSR count). The van der Waals surface area contributed by atoms with Crippen molar-refractivity contribution < 1.29 is 14.5 Å². The smallest absolute Gasteiger partial charge is 0.270 e. The quantitative estimate of drug-likeness (QED) is 0.367. The minimum absolute atomic E-state index is 0.0834. The number of rotatable bonds is 7. The number of H-pyrrole nitrogens is 1. The summed E-state index contributed by atoms with van der Waals surface area (Å²) in [5.41, 5.74) is 4.16. The Hall–Kier alpha value is -3.46. The Morgan fingerprint density at radius 2 is 1.97 bits per heavy atom. The van der Waals surface area contributed by atoms with Gasteiger partial charge in [-0.2, -0.15) is 0 Å². The molecule has 0 saturated carbocycles. The number of anilines is 2. The highest BCUT2D eigenvalue weighted by atomic mass is 16.6. The maximum Gasteiger partial charge on any atom is 0.270 e. The first-order valence-electron chi connectivity index (χ1n) is 9.78. The van der Waals surface area contributed by atoms with Crippen molar-refractivity contribution in [2.45, 2.75) is 27.7 Å². The molecule has 1 aliphatic heterocycles. The fourth-order valence-corrected chi connectivity index (χ4v) is 3.51. The van der Waals surface area contributed by atoms with Crippen molar-refractivity contribution in [2.75, 3.05) is 30.3 Å². The minimum atomic E-state index is -0.492. The number of fused-ring (bicyclic) bond motifs is 1. The van der Waals surface area contributed by atoms with Crippen LogP contribution in [0.4, 0.5) is 17.1 Å². The zero-order chi connectivity index (χ0) is 22.0. The number of amides is 2. The second-order valence-corrected chi connectivity index (χ2v) is 7.17. The average Bonchev–Trinajstić information content (AvgIpc) is 3.16. The molecule has 0 saturated heterocycles. The molecule has 0 radical (unpaired) electrons. The number of nitrogens with one attached hydrogen (secondary N) is 3. The van der Waals surface area contributed by atoms with Crippen LogP contribution in [0.5, 0.6) is 0 Å². The van der Waals surface area contributed by atoms with Crippen LogP contribution in [0.1, 0.15) is 36.4 Å². The summed E-state index contributed by atoms with van der Waals surface area (Å²) < 4.78 is 0. The molecule has 0 fully saturated rings. The van der Waals surface area contributed by atoms with E-state index in [0.717, 1.165) is 24.3 Å². The molecule has 9 nitrogen and oxygen atoms in total. The van der Waals surface area contributed by atoms with Crippen molar-refractivity contribution in [3.05, 3.63) is 50.8 Å². The molecule has 9 heteroatoms. The van der Waals surface area contributed by atoms with Crippen LogP contribution < -0.4 is 10.6 Å². The van der Waals surface area contributed by atoms with E-state index in [9.17, 15) is 19.7 Å². The second kappa shape index (κ2) is 8.50. The lowest BCUT2D eigenvalue weighted by molar-refractivity contribution is -0.384. The normalized spacial score (nSPS) is 14.2. The molecule has 0 bridgehead atoms. The molecular formula is C21H25N5O4. The topological polar surface area (TPSA) is 120 Å². The number of aryl methyl sites for hydroxylation is 1. The maximum atomic E-state index is 12.4. The number of aromatic amines is 1. The van der Waals surface area contributed by atoms with Gasteiger partial charge in [-0.15, -0.1) is 0 Å². The minimum Gasteiger partial charge on any atom is -0.357 e. The van der Waals surface area contributed by atoms with Crippen molar-refractivity contribution in [3.8, 4) is 0 Å². The van der Waals surface area contributed by atoms with Crippen LogP contribution in [0.3, 0.4) is 0 Å². The Balaban J connectivity index is 1.92. The zero-order valence-electron chi connectivity index (χ0n) is 17.5. The lowest BCUT2D eigenvalue weighted by Gasteiger charge is -2.17. The zero-order valence-corrected chi connectivity index (χ0v) is 17.5. The van der Waals surface area contributed by atoms with E-state index in [1.165, 1.54) is 18.2 Å². The Morgan fingerprint density at radius 1 is 1.27 bits per heavy atom. The third-order valence-corrected chi connectivity index (χ3v) is 5.29. The van der Waals surface area contributed by atoms with E-state index in [2.05, 4.69) is 15.6 Å². The summed E-state index contributed by atoms with van der Waals surface area (Å²) in [6.45, 7) is 9.57. The Labute approximate surface area is 174 Å².